The van der Waals surface area contributed by atoms with Gasteiger partial charge in [-0.2, -0.15) is 5.10 Å². The van der Waals surface area contributed by atoms with Crippen LogP contribution in [0, 0.1) is 0 Å². The Balaban J connectivity index is 2.50. The Bertz CT molecular complexity index is 436. The highest BCUT2D eigenvalue weighted by atomic mass is 16.4. The van der Waals surface area contributed by atoms with Crippen LogP contribution in [0.5, 0.6) is 0 Å². The van der Waals surface area contributed by atoms with Gasteiger partial charge in [-0.15, -0.1) is 0 Å². The molecule has 17 heavy (non-hydrogen) atoms. The zero-order valence-corrected chi connectivity index (χ0v) is 9.97. The summed E-state index contributed by atoms with van der Waals surface area (Å²) >= 11 is 0. The van der Waals surface area contributed by atoms with Crippen molar-refractivity contribution in [3.63, 3.8) is 0 Å². The third-order valence-electron chi connectivity index (χ3n) is 2.28. The highest BCUT2D eigenvalue weighted by molar-refractivity contribution is 6.34. The third-order valence-corrected chi connectivity index (χ3v) is 2.28. The van der Waals surface area contributed by atoms with Crippen LogP contribution in [0.1, 0.15) is 19.4 Å². The molecule has 0 aliphatic carbocycles. The van der Waals surface area contributed by atoms with Gasteiger partial charge in [-0.05, 0) is 25.0 Å². The fourth-order valence-electron chi connectivity index (χ4n) is 1.23. The molecule has 90 valence electrons. The average molecular weight is 232 g/mol. The summed E-state index contributed by atoms with van der Waals surface area (Å²) in [7, 11) is 0. The molecule has 0 fully saturated rings. The van der Waals surface area contributed by atoms with Crippen molar-refractivity contribution in [2.45, 2.75) is 13.8 Å². The summed E-state index contributed by atoms with van der Waals surface area (Å²) in [6.07, 6.45) is 1.97. The Hall–Kier alpha value is -2.10. The number of carboxylic acids is 1. The third kappa shape index (κ3) is 4.51. The first-order valence-corrected chi connectivity index (χ1v) is 5.34. The summed E-state index contributed by atoms with van der Waals surface area (Å²) in [6.45, 7) is 3.96. The Kier molecular flexibility index (Phi) is 4.94. The van der Waals surface area contributed by atoms with Gasteiger partial charge in [0.15, 0.2) is 0 Å². The van der Waals surface area contributed by atoms with Gasteiger partial charge in [0.25, 0.3) is 0 Å². The number of benzene rings is 1. The number of aliphatic carboxylic acids is 1. The van der Waals surface area contributed by atoms with Gasteiger partial charge in [0.1, 0.15) is 5.71 Å². The van der Waals surface area contributed by atoms with E-state index in [0.29, 0.717) is 6.54 Å². The molecule has 2 N–H and O–H groups in total. The number of hydrazone groups is 1. The van der Waals surface area contributed by atoms with E-state index in [1.54, 1.807) is 0 Å². The van der Waals surface area contributed by atoms with Crippen molar-refractivity contribution >= 4 is 17.3 Å². The van der Waals surface area contributed by atoms with Gasteiger partial charge in [-0.25, -0.2) is 4.79 Å². The lowest BCUT2D eigenvalue weighted by Crippen LogP contribution is -2.15. The number of carbonyl (C=O) groups is 1. The summed E-state index contributed by atoms with van der Waals surface area (Å²) in [5, 5.41) is 12.3. The summed E-state index contributed by atoms with van der Waals surface area (Å²) < 4.78 is 0. The molecule has 0 saturated carbocycles. The molecule has 0 saturated heterocycles. The second-order valence-electron chi connectivity index (χ2n) is 3.62. The van der Waals surface area contributed by atoms with Crippen molar-refractivity contribution in [3.8, 4) is 0 Å². The van der Waals surface area contributed by atoms with Gasteiger partial charge in [0, 0.05) is 0 Å². The van der Waals surface area contributed by atoms with Crippen LogP contribution in [0.25, 0.3) is 5.57 Å². The van der Waals surface area contributed by atoms with E-state index in [1.807, 2.05) is 43.3 Å². The molecule has 0 radical (unpaired) electrons. The number of rotatable bonds is 5. The van der Waals surface area contributed by atoms with Crippen LogP contribution >= 0.6 is 0 Å². The maximum absolute atomic E-state index is 10.5. The number of allylic oxidation sites excluding steroid dienone is 1. The van der Waals surface area contributed by atoms with Crippen LogP contribution in [-0.4, -0.2) is 23.3 Å². The van der Waals surface area contributed by atoms with E-state index >= 15 is 0 Å². The molecule has 0 atom stereocenters. The summed E-state index contributed by atoms with van der Waals surface area (Å²) in [5.41, 5.74) is 5.02. The van der Waals surface area contributed by atoms with Crippen molar-refractivity contribution in [1.82, 2.24) is 5.43 Å². The summed E-state index contributed by atoms with van der Waals surface area (Å²) in [6, 6.07) is 9.98. The molecule has 0 amide bonds. The van der Waals surface area contributed by atoms with Crippen molar-refractivity contribution in [1.29, 1.82) is 0 Å². The number of hydrogen-bond acceptors (Lipinski definition) is 3. The topological polar surface area (TPSA) is 61.7 Å². The monoisotopic (exact) mass is 232 g/mol. The van der Waals surface area contributed by atoms with Crippen LogP contribution in [-0.2, 0) is 4.79 Å². The molecule has 0 aliphatic heterocycles. The Morgan fingerprint density at radius 3 is 2.59 bits per heavy atom. The van der Waals surface area contributed by atoms with Crippen molar-refractivity contribution in [3.05, 3.63) is 42.0 Å². The maximum atomic E-state index is 10.5. The number of nitrogens with one attached hydrogen (secondary N) is 1. The van der Waals surface area contributed by atoms with Crippen LogP contribution in [0.2, 0.25) is 0 Å². The van der Waals surface area contributed by atoms with Crippen molar-refractivity contribution < 1.29 is 9.90 Å². The highest BCUT2D eigenvalue weighted by Gasteiger charge is 1.99. The molecule has 0 aliphatic rings. The van der Waals surface area contributed by atoms with E-state index in [0.717, 1.165) is 11.1 Å². The van der Waals surface area contributed by atoms with E-state index in [-0.39, 0.29) is 5.71 Å². The minimum atomic E-state index is -1.01. The molecule has 0 aromatic heterocycles. The number of carboxylic acid groups (broad SMARTS) is 1. The zero-order valence-electron chi connectivity index (χ0n) is 9.97. The van der Waals surface area contributed by atoms with E-state index in [2.05, 4.69) is 10.5 Å². The molecule has 1 aromatic rings. The maximum Gasteiger partial charge on any atom is 0.351 e. The van der Waals surface area contributed by atoms with Gasteiger partial charge >= 0.3 is 5.97 Å². The molecule has 0 unspecified atom stereocenters. The predicted octanol–water partition coefficient (Wildman–Crippen LogP) is 2.14. The predicted molar refractivity (Wildman–Crippen MR) is 68.8 cm³/mol. The van der Waals surface area contributed by atoms with Crippen molar-refractivity contribution in [2.24, 2.45) is 5.10 Å². The molecular weight excluding hydrogens is 216 g/mol. The first kappa shape index (κ1) is 13.0. The molecule has 0 bridgehead atoms. The fraction of sp³-hybridized carbons (Fsp3) is 0.231. The fourth-order valence-corrected chi connectivity index (χ4v) is 1.23. The van der Waals surface area contributed by atoms with Gasteiger partial charge in [0.05, 0.1) is 6.54 Å². The Morgan fingerprint density at radius 2 is 2.00 bits per heavy atom. The minimum Gasteiger partial charge on any atom is -0.477 e. The normalized spacial score (nSPS) is 12.4. The molecule has 4 heteroatoms. The molecule has 4 nitrogen and oxygen atoms in total. The lowest BCUT2D eigenvalue weighted by atomic mass is 10.1. The van der Waals surface area contributed by atoms with Crippen LogP contribution in [0.4, 0.5) is 0 Å². The zero-order chi connectivity index (χ0) is 12.7. The van der Waals surface area contributed by atoms with Gasteiger partial charge in [0.2, 0.25) is 0 Å². The largest absolute Gasteiger partial charge is 0.477 e. The van der Waals surface area contributed by atoms with Crippen molar-refractivity contribution in [2.75, 3.05) is 6.54 Å². The standard InChI is InChI=1S/C13H16N2O2/c1-10(12-6-4-3-5-7-12)8-9-14-15-11(2)13(16)17/h3-8,14H,9H2,1-2H3,(H,16,17)/b10-8+,15-11-. The van der Waals surface area contributed by atoms with Crippen LogP contribution in [0.3, 0.4) is 0 Å². The Morgan fingerprint density at radius 1 is 1.35 bits per heavy atom. The minimum absolute atomic E-state index is 0.0516. The van der Waals surface area contributed by atoms with Crippen LogP contribution in [0.15, 0.2) is 41.5 Å². The molecule has 1 rings (SSSR count). The van der Waals surface area contributed by atoms with E-state index in [1.165, 1.54) is 6.92 Å². The molecule has 0 heterocycles. The lowest BCUT2D eigenvalue weighted by Gasteiger charge is -2.01. The number of hydrogen-bond donors (Lipinski definition) is 2. The first-order chi connectivity index (χ1) is 8.11. The van der Waals surface area contributed by atoms with Gasteiger partial charge in [-0.1, -0.05) is 36.4 Å². The lowest BCUT2D eigenvalue weighted by molar-refractivity contribution is -0.129. The summed E-state index contributed by atoms with van der Waals surface area (Å²) in [5.74, 6) is -1.01. The van der Waals surface area contributed by atoms with Gasteiger partial charge in [-0.3, -0.25) is 0 Å². The molecule has 1 aromatic carbocycles. The smallest absolute Gasteiger partial charge is 0.351 e. The molecular formula is C13H16N2O2. The molecule has 0 spiro atoms. The van der Waals surface area contributed by atoms with E-state index in [4.69, 9.17) is 5.11 Å². The van der Waals surface area contributed by atoms with Crippen LogP contribution < -0.4 is 5.43 Å². The quantitative estimate of drug-likeness (QED) is 0.464. The highest BCUT2D eigenvalue weighted by Crippen LogP contribution is 2.11. The first-order valence-electron chi connectivity index (χ1n) is 5.34. The van der Waals surface area contributed by atoms with E-state index in [9.17, 15) is 4.79 Å². The summed E-state index contributed by atoms with van der Waals surface area (Å²) in [4.78, 5) is 10.5. The second kappa shape index (κ2) is 6.48. The Labute approximate surface area is 101 Å². The van der Waals surface area contributed by atoms with E-state index < -0.39 is 5.97 Å². The number of nitrogens with zero attached hydrogens (tertiary/aromatic N) is 1. The second-order valence-corrected chi connectivity index (χ2v) is 3.62. The average Bonchev–Trinajstić information content (AvgIpc) is 2.35. The SMILES string of the molecule is C/C(=N/NC/C=C(\C)c1ccccc1)C(=O)O. The van der Waals surface area contributed by atoms with Gasteiger partial charge < -0.3 is 10.5 Å².